The SMILES string of the molecule is Cc1ccc(CC(=O)N2CCN(Cc3cc(Cl)ccc3OCC(=O)O)C[C@@H]2C)cc1F. The smallest absolute Gasteiger partial charge is 0.341 e. The molecule has 6 nitrogen and oxygen atoms in total. The van der Waals surface area contributed by atoms with Crippen LogP contribution in [-0.2, 0) is 22.6 Å². The van der Waals surface area contributed by atoms with Crippen LogP contribution in [0.3, 0.4) is 0 Å². The number of hydrogen-bond donors (Lipinski definition) is 1. The van der Waals surface area contributed by atoms with Crippen LogP contribution in [0.15, 0.2) is 36.4 Å². The van der Waals surface area contributed by atoms with E-state index in [1.807, 2.05) is 11.8 Å². The van der Waals surface area contributed by atoms with E-state index in [0.717, 1.165) is 5.56 Å². The lowest BCUT2D eigenvalue weighted by molar-refractivity contribution is -0.139. The lowest BCUT2D eigenvalue weighted by Crippen LogP contribution is -2.54. The fourth-order valence-electron chi connectivity index (χ4n) is 3.76. The van der Waals surface area contributed by atoms with Gasteiger partial charge < -0.3 is 14.7 Å². The van der Waals surface area contributed by atoms with Crippen LogP contribution in [0, 0.1) is 12.7 Å². The Morgan fingerprint density at radius 3 is 2.68 bits per heavy atom. The number of aliphatic carboxylic acids is 1. The van der Waals surface area contributed by atoms with E-state index in [1.165, 1.54) is 6.07 Å². The molecule has 0 aromatic heterocycles. The second-order valence-electron chi connectivity index (χ2n) is 7.87. The summed E-state index contributed by atoms with van der Waals surface area (Å²) in [5, 5.41) is 9.42. The van der Waals surface area contributed by atoms with Gasteiger partial charge in [-0.1, -0.05) is 23.7 Å². The van der Waals surface area contributed by atoms with Crippen LogP contribution in [-0.4, -0.2) is 59.1 Å². The zero-order chi connectivity index (χ0) is 22.5. The molecule has 2 aromatic rings. The molecule has 0 bridgehead atoms. The number of amides is 1. The molecule has 0 spiro atoms. The zero-order valence-electron chi connectivity index (χ0n) is 17.6. The van der Waals surface area contributed by atoms with Crippen LogP contribution in [0.4, 0.5) is 4.39 Å². The first-order valence-electron chi connectivity index (χ1n) is 10.1. The van der Waals surface area contributed by atoms with Crippen molar-refractivity contribution in [2.75, 3.05) is 26.2 Å². The summed E-state index contributed by atoms with van der Waals surface area (Å²) in [6.45, 7) is 5.65. The molecule has 2 aromatic carbocycles. The molecule has 31 heavy (non-hydrogen) atoms. The highest BCUT2D eigenvalue weighted by atomic mass is 35.5. The largest absolute Gasteiger partial charge is 0.482 e. The highest BCUT2D eigenvalue weighted by molar-refractivity contribution is 6.30. The van der Waals surface area contributed by atoms with Gasteiger partial charge in [0.2, 0.25) is 5.91 Å². The second-order valence-corrected chi connectivity index (χ2v) is 8.30. The summed E-state index contributed by atoms with van der Waals surface area (Å²) >= 11 is 6.12. The monoisotopic (exact) mass is 448 g/mol. The van der Waals surface area contributed by atoms with Crippen LogP contribution in [0.2, 0.25) is 5.02 Å². The fourth-order valence-corrected chi connectivity index (χ4v) is 3.96. The number of piperazine rings is 1. The van der Waals surface area contributed by atoms with Gasteiger partial charge in [0, 0.05) is 42.8 Å². The van der Waals surface area contributed by atoms with E-state index in [4.69, 9.17) is 21.4 Å². The maximum absolute atomic E-state index is 13.8. The number of ether oxygens (including phenoxy) is 1. The molecule has 1 aliphatic rings. The highest BCUT2D eigenvalue weighted by Crippen LogP contribution is 2.26. The number of rotatable bonds is 7. The van der Waals surface area contributed by atoms with Crippen molar-refractivity contribution in [2.24, 2.45) is 0 Å². The molecule has 8 heteroatoms. The summed E-state index contributed by atoms with van der Waals surface area (Å²) in [7, 11) is 0. The summed E-state index contributed by atoms with van der Waals surface area (Å²) in [6.07, 6.45) is 0.170. The second kappa shape index (κ2) is 10.1. The van der Waals surface area contributed by atoms with Gasteiger partial charge in [-0.2, -0.15) is 0 Å². The van der Waals surface area contributed by atoms with Gasteiger partial charge in [-0.15, -0.1) is 0 Å². The number of carboxylic acids is 1. The van der Waals surface area contributed by atoms with E-state index in [0.29, 0.717) is 48.1 Å². The number of carbonyl (C=O) groups is 2. The lowest BCUT2D eigenvalue weighted by atomic mass is 10.1. The average Bonchev–Trinajstić information content (AvgIpc) is 2.70. The van der Waals surface area contributed by atoms with Crippen LogP contribution in [0.25, 0.3) is 0 Å². The normalized spacial score (nSPS) is 16.9. The first-order valence-corrected chi connectivity index (χ1v) is 10.5. The van der Waals surface area contributed by atoms with Crippen molar-refractivity contribution < 1.29 is 23.8 Å². The Bertz CT molecular complexity index is 969. The van der Waals surface area contributed by atoms with Gasteiger partial charge in [-0.05, 0) is 49.2 Å². The number of hydrogen-bond acceptors (Lipinski definition) is 4. The van der Waals surface area contributed by atoms with E-state index in [2.05, 4.69) is 4.90 Å². The lowest BCUT2D eigenvalue weighted by Gasteiger charge is -2.40. The first-order chi connectivity index (χ1) is 14.7. The Balaban J connectivity index is 1.61. The molecule has 0 unspecified atom stereocenters. The molecule has 1 heterocycles. The van der Waals surface area contributed by atoms with E-state index in [1.54, 1.807) is 37.3 Å². The number of benzene rings is 2. The van der Waals surface area contributed by atoms with Crippen LogP contribution in [0.5, 0.6) is 5.75 Å². The Morgan fingerprint density at radius 1 is 1.23 bits per heavy atom. The zero-order valence-corrected chi connectivity index (χ0v) is 18.4. The summed E-state index contributed by atoms with van der Waals surface area (Å²) in [5.41, 5.74) is 2.03. The summed E-state index contributed by atoms with van der Waals surface area (Å²) in [4.78, 5) is 27.6. The molecule has 0 saturated carbocycles. The molecule has 1 aliphatic heterocycles. The van der Waals surface area contributed by atoms with Gasteiger partial charge >= 0.3 is 5.97 Å². The van der Waals surface area contributed by atoms with Crippen LogP contribution in [0.1, 0.15) is 23.6 Å². The van der Waals surface area contributed by atoms with Crippen LogP contribution >= 0.6 is 11.6 Å². The number of carbonyl (C=O) groups excluding carboxylic acids is 1. The van der Waals surface area contributed by atoms with Crippen LogP contribution < -0.4 is 4.74 Å². The molecule has 1 fully saturated rings. The van der Waals surface area contributed by atoms with Gasteiger partial charge in [0.05, 0.1) is 6.42 Å². The minimum absolute atomic E-state index is 0.0147. The van der Waals surface area contributed by atoms with Gasteiger partial charge in [0.1, 0.15) is 11.6 Å². The quantitative estimate of drug-likeness (QED) is 0.701. The third-order valence-corrected chi connectivity index (χ3v) is 5.63. The van der Waals surface area contributed by atoms with Crippen molar-refractivity contribution >= 4 is 23.5 Å². The van der Waals surface area contributed by atoms with Crippen molar-refractivity contribution in [1.82, 2.24) is 9.80 Å². The van der Waals surface area contributed by atoms with Crippen molar-refractivity contribution in [1.29, 1.82) is 0 Å². The maximum Gasteiger partial charge on any atom is 0.341 e. The molecule has 1 amide bonds. The molecular formula is C23H26ClFN2O4. The van der Waals surface area contributed by atoms with E-state index < -0.39 is 12.6 Å². The van der Waals surface area contributed by atoms with Gasteiger partial charge in [-0.3, -0.25) is 9.69 Å². The molecule has 166 valence electrons. The third kappa shape index (κ3) is 6.18. The Morgan fingerprint density at radius 2 is 2.00 bits per heavy atom. The van der Waals surface area contributed by atoms with Crippen molar-refractivity contribution in [3.63, 3.8) is 0 Å². The Kier molecular flexibility index (Phi) is 7.51. The minimum atomic E-state index is -1.05. The first kappa shape index (κ1) is 23.0. The van der Waals surface area contributed by atoms with Crippen molar-refractivity contribution in [3.05, 3.63) is 63.9 Å². The Labute approximate surface area is 186 Å². The summed E-state index contributed by atoms with van der Waals surface area (Å²) in [6, 6.07) is 9.99. The minimum Gasteiger partial charge on any atom is -0.482 e. The van der Waals surface area contributed by atoms with Crippen molar-refractivity contribution in [2.45, 2.75) is 32.9 Å². The topological polar surface area (TPSA) is 70.1 Å². The molecule has 1 N–H and O–H groups in total. The average molecular weight is 449 g/mol. The summed E-state index contributed by atoms with van der Waals surface area (Å²) < 4.78 is 19.2. The van der Waals surface area contributed by atoms with Gasteiger partial charge in [0.25, 0.3) is 0 Å². The predicted molar refractivity (Wildman–Crippen MR) is 116 cm³/mol. The number of aryl methyl sites for hydroxylation is 1. The fraction of sp³-hybridized carbons (Fsp3) is 0.391. The molecular weight excluding hydrogens is 423 g/mol. The standard InChI is InChI=1S/C23H26ClFN2O4/c1-15-3-4-17(9-20(15)25)10-22(28)27-8-7-26(12-16(27)2)13-18-11-19(24)5-6-21(18)31-14-23(29)30/h3-6,9,11,16H,7-8,10,12-14H2,1-2H3,(H,29,30)/t16-/m0/s1. The molecule has 3 rings (SSSR count). The number of nitrogens with zero attached hydrogens (tertiary/aromatic N) is 2. The van der Waals surface area contributed by atoms with Crippen molar-refractivity contribution in [3.8, 4) is 5.75 Å². The Hall–Kier alpha value is -2.64. The number of carboxylic acid groups (broad SMARTS) is 1. The predicted octanol–water partition coefficient (Wildman–Crippen LogP) is 3.53. The molecule has 1 saturated heterocycles. The maximum atomic E-state index is 13.8. The molecule has 1 atom stereocenters. The third-order valence-electron chi connectivity index (χ3n) is 5.39. The van der Waals surface area contributed by atoms with Gasteiger partial charge in [-0.25, -0.2) is 9.18 Å². The van der Waals surface area contributed by atoms with Gasteiger partial charge in [0.15, 0.2) is 6.61 Å². The molecule has 0 aliphatic carbocycles. The number of halogens is 2. The summed E-state index contributed by atoms with van der Waals surface area (Å²) in [5.74, 6) is -0.885. The highest BCUT2D eigenvalue weighted by Gasteiger charge is 2.28. The van der Waals surface area contributed by atoms with E-state index in [-0.39, 0.29) is 24.2 Å². The van der Waals surface area contributed by atoms with E-state index in [9.17, 15) is 14.0 Å². The molecule has 0 radical (unpaired) electrons. The van der Waals surface area contributed by atoms with E-state index >= 15 is 0 Å².